The van der Waals surface area contributed by atoms with E-state index in [2.05, 4.69) is 13.8 Å². The van der Waals surface area contributed by atoms with Crippen LogP contribution in [0.25, 0.3) is 5.76 Å². The third kappa shape index (κ3) is 5.59. The number of nitrogens with zero attached hydrogens (tertiary/aromatic N) is 1. The lowest BCUT2D eigenvalue weighted by Gasteiger charge is -2.24. The lowest BCUT2D eigenvalue weighted by molar-refractivity contribution is -0.132. The van der Waals surface area contributed by atoms with E-state index < -0.39 is 17.7 Å². The molecule has 0 radical (unpaired) electrons. The lowest BCUT2D eigenvalue weighted by Crippen LogP contribution is -2.29. The van der Waals surface area contributed by atoms with Crippen LogP contribution in [0.3, 0.4) is 0 Å². The molecule has 198 valence electrons. The first-order chi connectivity index (χ1) is 18.8. The normalized spacial score (nSPS) is 16.6. The van der Waals surface area contributed by atoms with E-state index >= 15 is 0 Å². The second-order valence-corrected chi connectivity index (χ2v) is 10.8. The monoisotopic (exact) mass is 539 g/mol. The lowest BCUT2D eigenvalue weighted by atomic mass is 9.99. The number of aryl methyl sites for hydroxylation is 1. The van der Waals surface area contributed by atoms with Crippen molar-refractivity contribution in [2.45, 2.75) is 26.8 Å². The van der Waals surface area contributed by atoms with Crippen molar-refractivity contribution in [3.05, 3.63) is 112 Å². The second-order valence-electron chi connectivity index (χ2n) is 9.83. The zero-order chi connectivity index (χ0) is 27.5. The van der Waals surface area contributed by atoms with Crippen LogP contribution in [0, 0.1) is 12.8 Å². The van der Waals surface area contributed by atoms with E-state index in [4.69, 9.17) is 9.47 Å². The van der Waals surface area contributed by atoms with Crippen LogP contribution in [0.15, 0.2) is 95.9 Å². The number of rotatable bonds is 8. The minimum atomic E-state index is -0.759. The molecule has 1 aliphatic heterocycles. The highest BCUT2D eigenvalue weighted by Crippen LogP contribution is 2.44. The number of amides is 1. The fourth-order valence-electron chi connectivity index (χ4n) is 4.43. The third-order valence-electron chi connectivity index (χ3n) is 6.31. The molecule has 1 atom stereocenters. The van der Waals surface area contributed by atoms with Crippen molar-refractivity contribution in [2.24, 2.45) is 5.92 Å². The summed E-state index contributed by atoms with van der Waals surface area (Å²) in [6.45, 7) is 6.69. The van der Waals surface area contributed by atoms with E-state index in [1.54, 1.807) is 48.5 Å². The number of carbonyl (C=O) groups is 2. The van der Waals surface area contributed by atoms with Crippen LogP contribution >= 0.6 is 11.3 Å². The molecule has 3 aromatic carbocycles. The Kier molecular flexibility index (Phi) is 7.52. The van der Waals surface area contributed by atoms with Gasteiger partial charge in [-0.05, 0) is 90.5 Å². The average Bonchev–Trinajstić information content (AvgIpc) is 3.55. The van der Waals surface area contributed by atoms with Gasteiger partial charge >= 0.3 is 0 Å². The first-order valence-corrected chi connectivity index (χ1v) is 13.6. The molecule has 1 aromatic heterocycles. The summed E-state index contributed by atoms with van der Waals surface area (Å²) in [5, 5.41) is 13.2. The number of benzene rings is 3. The second kappa shape index (κ2) is 11.2. The van der Waals surface area contributed by atoms with Crippen molar-refractivity contribution in [1.82, 2.24) is 0 Å². The van der Waals surface area contributed by atoms with Crippen LogP contribution < -0.4 is 14.4 Å². The molecule has 2 heterocycles. The number of aliphatic hydroxyl groups excluding tert-OH is 1. The number of hydrogen-bond acceptors (Lipinski definition) is 6. The number of ketones is 1. The molecule has 0 aliphatic carbocycles. The molecule has 0 bridgehead atoms. The fraction of sp³-hybridized carbons (Fsp3) is 0.188. The molecular formula is C32H29NO5S. The maximum absolute atomic E-state index is 13.4. The number of ether oxygens (including phenoxy) is 2. The number of hydrogen-bond donors (Lipinski definition) is 1. The van der Waals surface area contributed by atoms with Crippen molar-refractivity contribution in [1.29, 1.82) is 0 Å². The summed E-state index contributed by atoms with van der Waals surface area (Å²) < 4.78 is 11.7. The molecule has 4 aromatic rings. The Balaban J connectivity index is 1.48. The van der Waals surface area contributed by atoms with Crippen molar-refractivity contribution in [3.63, 3.8) is 0 Å². The van der Waals surface area contributed by atoms with E-state index in [0.717, 1.165) is 10.4 Å². The van der Waals surface area contributed by atoms with Crippen LogP contribution in [0.5, 0.6) is 17.2 Å². The Labute approximate surface area is 231 Å². The van der Waals surface area contributed by atoms with Gasteiger partial charge in [0.1, 0.15) is 29.0 Å². The maximum atomic E-state index is 13.4. The molecule has 1 saturated heterocycles. The van der Waals surface area contributed by atoms with Gasteiger partial charge in [0.2, 0.25) is 0 Å². The number of carbonyl (C=O) groups excluding carboxylic acids is 2. The van der Waals surface area contributed by atoms with Crippen LogP contribution in [0.1, 0.15) is 35.9 Å². The molecular weight excluding hydrogens is 510 g/mol. The summed E-state index contributed by atoms with van der Waals surface area (Å²) in [7, 11) is 0. The number of aliphatic hydroxyl groups is 1. The highest BCUT2D eigenvalue weighted by Gasteiger charge is 2.47. The highest BCUT2D eigenvalue weighted by molar-refractivity contribution is 7.10. The zero-order valence-corrected chi connectivity index (χ0v) is 22.8. The molecule has 1 amide bonds. The highest BCUT2D eigenvalue weighted by atomic mass is 32.1. The molecule has 39 heavy (non-hydrogen) atoms. The minimum Gasteiger partial charge on any atom is -0.507 e. The quantitative estimate of drug-likeness (QED) is 0.142. The first-order valence-electron chi connectivity index (χ1n) is 12.7. The zero-order valence-electron chi connectivity index (χ0n) is 22.0. The molecule has 1 aliphatic rings. The largest absolute Gasteiger partial charge is 0.507 e. The van der Waals surface area contributed by atoms with Gasteiger partial charge in [0.15, 0.2) is 0 Å². The number of anilines is 1. The van der Waals surface area contributed by atoms with Gasteiger partial charge in [-0.3, -0.25) is 14.5 Å². The Hall–Kier alpha value is -4.36. The predicted octanol–water partition coefficient (Wildman–Crippen LogP) is 7.51. The van der Waals surface area contributed by atoms with Crippen LogP contribution in [0.2, 0.25) is 0 Å². The summed E-state index contributed by atoms with van der Waals surface area (Å²) >= 11 is 1.42. The summed E-state index contributed by atoms with van der Waals surface area (Å²) in [6, 6.07) is 24.6. The fourth-order valence-corrected chi connectivity index (χ4v) is 5.26. The Morgan fingerprint density at radius 3 is 2.28 bits per heavy atom. The molecule has 1 unspecified atom stereocenters. The molecule has 5 rings (SSSR count). The standard InChI is InChI=1S/C32H29NO5S/c1-20(2)19-37-24-13-9-22(10-14-24)30(34)28-29(27-8-5-17-39-27)33(32(36)31(28)35)23-11-15-25(16-12-23)38-26-7-4-6-21(3)18-26/h4-18,20,29,34H,19H2,1-3H3/b30-28-. The van der Waals surface area contributed by atoms with E-state index in [-0.39, 0.29) is 11.3 Å². The Bertz CT molecular complexity index is 1510. The van der Waals surface area contributed by atoms with Crippen molar-refractivity contribution in [3.8, 4) is 17.2 Å². The maximum Gasteiger partial charge on any atom is 0.300 e. The summed E-state index contributed by atoms with van der Waals surface area (Å²) in [4.78, 5) is 28.9. The molecule has 0 saturated carbocycles. The number of Topliss-reactive ketones (excluding diaryl/α,β-unsaturated/α-hetero) is 1. The van der Waals surface area contributed by atoms with Crippen LogP contribution in [0.4, 0.5) is 5.69 Å². The van der Waals surface area contributed by atoms with Gasteiger partial charge in [-0.2, -0.15) is 0 Å². The van der Waals surface area contributed by atoms with Crippen LogP contribution in [-0.4, -0.2) is 23.4 Å². The topological polar surface area (TPSA) is 76.1 Å². The average molecular weight is 540 g/mol. The SMILES string of the molecule is Cc1cccc(Oc2ccc(N3C(=O)C(=O)/C(=C(\O)c4ccc(OCC(C)C)cc4)C3c3cccs3)cc2)c1. The van der Waals surface area contributed by atoms with Gasteiger partial charge in [-0.15, -0.1) is 11.3 Å². The van der Waals surface area contributed by atoms with E-state index in [9.17, 15) is 14.7 Å². The molecule has 0 spiro atoms. The number of thiophene rings is 1. The predicted molar refractivity (Wildman–Crippen MR) is 154 cm³/mol. The van der Waals surface area contributed by atoms with Crippen molar-refractivity contribution >= 4 is 34.5 Å². The molecule has 1 fully saturated rings. The first kappa shape index (κ1) is 26.3. The van der Waals surface area contributed by atoms with Gasteiger partial charge in [0.05, 0.1) is 12.2 Å². The minimum absolute atomic E-state index is 0.0541. The van der Waals surface area contributed by atoms with Gasteiger partial charge in [0.25, 0.3) is 11.7 Å². The summed E-state index contributed by atoms with van der Waals surface area (Å²) in [5.41, 5.74) is 2.11. The van der Waals surface area contributed by atoms with Crippen molar-refractivity contribution < 1.29 is 24.2 Å². The van der Waals surface area contributed by atoms with Gasteiger partial charge in [0, 0.05) is 16.1 Å². The van der Waals surface area contributed by atoms with Crippen LogP contribution in [-0.2, 0) is 9.59 Å². The van der Waals surface area contributed by atoms with Gasteiger partial charge in [-0.1, -0.05) is 32.0 Å². The van der Waals surface area contributed by atoms with Gasteiger partial charge in [-0.25, -0.2) is 0 Å². The van der Waals surface area contributed by atoms with Crippen molar-refractivity contribution in [2.75, 3.05) is 11.5 Å². The van der Waals surface area contributed by atoms with E-state index in [0.29, 0.717) is 41.0 Å². The smallest absolute Gasteiger partial charge is 0.300 e. The van der Waals surface area contributed by atoms with E-state index in [1.165, 1.54) is 16.2 Å². The van der Waals surface area contributed by atoms with E-state index in [1.807, 2.05) is 48.7 Å². The molecule has 7 heteroatoms. The Morgan fingerprint density at radius 2 is 1.64 bits per heavy atom. The molecule has 6 nitrogen and oxygen atoms in total. The van der Waals surface area contributed by atoms with Gasteiger partial charge < -0.3 is 14.6 Å². The Morgan fingerprint density at radius 1 is 0.923 bits per heavy atom. The summed E-state index contributed by atoms with van der Waals surface area (Å²) in [6.07, 6.45) is 0. The molecule has 1 N–H and O–H groups in total. The summed E-state index contributed by atoms with van der Waals surface area (Å²) in [5.74, 6) is 0.719. The third-order valence-corrected chi connectivity index (χ3v) is 7.23.